The van der Waals surface area contributed by atoms with Crippen LogP contribution in [0.3, 0.4) is 0 Å². The number of amides is 1. The number of carbonyl (C=O) groups excluding carboxylic acids is 1. The lowest BCUT2D eigenvalue weighted by Crippen LogP contribution is -2.38. The second-order valence-corrected chi connectivity index (χ2v) is 6.46. The van der Waals surface area contributed by atoms with Gasteiger partial charge in [-0.25, -0.2) is 4.98 Å². The largest absolute Gasteiger partial charge is 0.492 e. The van der Waals surface area contributed by atoms with Gasteiger partial charge < -0.3 is 9.64 Å². The molecule has 24 heavy (non-hydrogen) atoms. The van der Waals surface area contributed by atoms with E-state index >= 15 is 0 Å². The molecule has 6 nitrogen and oxygen atoms in total. The summed E-state index contributed by atoms with van der Waals surface area (Å²) in [7, 11) is 1.71. The Morgan fingerprint density at radius 2 is 2.08 bits per heavy atom. The number of aromatic nitrogens is 2. The van der Waals surface area contributed by atoms with E-state index in [2.05, 4.69) is 4.98 Å². The summed E-state index contributed by atoms with van der Waals surface area (Å²) in [6.45, 7) is 2.93. The fourth-order valence-corrected chi connectivity index (χ4v) is 3.43. The second kappa shape index (κ2) is 5.47. The van der Waals surface area contributed by atoms with E-state index in [4.69, 9.17) is 4.74 Å². The van der Waals surface area contributed by atoms with Crippen molar-refractivity contribution in [3.63, 3.8) is 0 Å². The Bertz CT molecular complexity index is 888. The van der Waals surface area contributed by atoms with E-state index in [1.54, 1.807) is 18.9 Å². The number of hydrogen-bond donors (Lipinski definition) is 0. The first-order chi connectivity index (χ1) is 11.5. The molecule has 2 aliphatic heterocycles. The van der Waals surface area contributed by atoms with Crippen molar-refractivity contribution in [2.24, 2.45) is 13.0 Å². The molecule has 0 unspecified atom stereocenters. The minimum atomic E-state index is -0.209. The molecular formula is C18H19N3O3. The van der Waals surface area contributed by atoms with Crippen LogP contribution in [-0.4, -0.2) is 27.0 Å². The van der Waals surface area contributed by atoms with Crippen molar-refractivity contribution in [3.05, 3.63) is 57.3 Å². The molecule has 1 aromatic carbocycles. The fraction of sp³-hybridized carbons (Fsp3) is 0.389. The van der Waals surface area contributed by atoms with Crippen LogP contribution in [0, 0.1) is 12.8 Å². The van der Waals surface area contributed by atoms with E-state index in [1.165, 1.54) is 4.57 Å². The zero-order valence-electron chi connectivity index (χ0n) is 13.8. The molecule has 6 heteroatoms. The molecule has 0 fully saturated rings. The molecule has 124 valence electrons. The Balaban J connectivity index is 1.55. The molecule has 2 aliphatic rings. The van der Waals surface area contributed by atoms with E-state index in [0.29, 0.717) is 37.5 Å². The molecule has 3 heterocycles. The first-order valence-corrected chi connectivity index (χ1v) is 8.09. The minimum Gasteiger partial charge on any atom is -0.492 e. The van der Waals surface area contributed by atoms with Gasteiger partial charge in [0.25, 0.3) is 5.56 Å². The van der Waals surface area contributed by atoms with E-state index in [0.717, 1.165) is 17.0 Å². The Kier molecular flexibility index (Phi) is 3.40. The zero-order chi connectivity index (χ0) is 16.8. The maximum Gasteiger partial charge on any atom is 0.258 e. The van der Waals surface area contributed by atoms with Crippen LogP contribution in [0.4, 0.5) is 0 Å². The number of aryl methyl sites for hydroxylation is 1. The van der Waals surface area contributed by atoms with Gasteiger partial charge in [0.1, 0.15) is 18.2 Å². The molecule has 2 aromatic rings. The van der Waals surface area contributed by atoms with Crippen LogP contribution in [0.1, 0.15) is 22.6 Å². The molecule has 0 spiro atoms. The highest BCUT2D eigenvalue weighted by molar-refractivity contribution is 5.80. The SMILES string of the molecule is Cc1nc2c(c(=O)n1C)CN(C(=O)[C@@H]1COc3ccccc3C1)C2. The highest BCUT2D eigenvalue weighted by Crippen LogP contribution is 2.29. The Morgan fingerprint density at radius 3 is 2.92 bits per heavy atom. The Morgan fingerprint density at radius 1 is 1.29 bits per heavy atom. The molecular weight excluding hydrogens is 306 g/mol. The summed E-state index contributed by atoms with van der Waals surface area (Å²) >= 11 is 0. The van der Waals surface area contributed by atoms with Gasteiger partial charge in [0.05, 0.1) is 30.3 Å². The number of para-hydroxylation sites is 1. The van der Waals surface area contributed by atoms with Crippen molar-refractivity contribution < 1.29 is 9.53 Å². The monoisotopic (exact) mass is 325 g/mol. The van der Waals surface area contributed by atoms with Gasteiger partial charge >= 0.3 is 0 Å². The highest BCUT2D eigenvalue weighted by Gasteiger charge is 2.34. The van der Waals surface area contributed by atoms with Crippen molar-refractivity contribution in [1.29, 1.82) is 0 Å². The minimum absolute atomic E-state index is 0.0298. The zero-order valence-corrected chi connectivity index (χ0v) is 13.8. The highest BCUT2D eigenvalue weighted by atomic mass is 16.5. The van der Waals surface area contributed by atoms with Crippen molar-refractivity contribution >= 4 is 5.91 Å². The van der Waals surface area contributed by atoms with Gasteiger partial charge in [0, 0.05) is 7.05 Å². The Hall–Kier alpha value is -2.63. The number of carbonyl (C=O) groups is 1. The molecule has 1 atom stereocenters. The van der Waals surface area contributed by atoms with Gasteiger partial charge in [-0.3, -0.25) is 14.2 Å². The summed E-state index contributed by atoms with van der Waals surface area (Å²) in [4.78, 5) is 31.4. The van der Waals surface area contributed by atoms with Crippen molar-refractivity contribution in [2.75, 3.05) is 6.61 Å². The van der Waals surface area contributed by atoms with E-state index < -0.39 is 0 Å². The summed E-state index contributed by atoms with van der Waals surface area (Å²) in [6.07, 6.45) is 0.673. The first kappa shape index (κ1) is 14.9. The van der Waals surface area contributed by atoms with Gasteiger partial charge in [0.15, 0.2) is 0 Å². The van der Waals surface area contributed by atoms with Gasteiger partial charge in [-0.1, -0.05) is 18.2 Å². The molecule has 0 saturated carbocycles. The molecule has 0 saturated heterocycles. The molecule has 1 aromatic heterocycles. The normalized spacial score (nSPS) is 18.8. The lowest BCUT2D eigenvalue weighted by atomic mass is 9.95. The van der Waals surface area contributed by atoms with E-state index in [-0.39, 0.29) is 17.4 Å². The lowest BCUT2D eigenvalue weighted by molar-refractivity contribution is -0.137. The van der Waals surface area contributed by atoms with Gasteiger partial charge in [0.2, 0.25) is 5.91 Å². The third-order valence-corrected chi connectivity index (χ3v) is 4.92. The predicted molar refractivity (Wildman–Crippen MR) is 87.6 cm³/mol. The number of hydrogen-bond acceptors (Lipinski definition) is 4. The lowest BCUT2D eigenvalue weighted by Gasteiger charge is -2.27. The van der Waals surface area contributed by atoms with Crippen LogP contribution in [0.25, 0.3) is 0 Å². The number of ether oxygens (including phenoxy) is 1. The maximum absolute atomic E-state index is 12.9. The summed E-state index contributed by atoms with van der Waals surface area (Å²) < 4.78 is 7.26. The summed E-state index contributed by atoms with van der Waals surface area (Å²) in [5, 5.41) is 0. The molecule has 4 rings (SSSR count). The number of fused-ring (bicyclic) bond motifs is 2. The van der Waals surface area contributed by atoms with Crippen molar-refractivity contribution in [2.45, 2.75) is 26.4 Å². The standard InChI is InChI=1S/C18H19N3O3/c1-11-19-15-9-21(8-14(15)18(23)20(11)2)17(22)13-7-12-5-3-4-6-16(12)24-10-13/h3-6,13H,7-10H2,1-2H3/t13-/m0/s1. The second-order valence-electron chi connectivity index (χ2n) is 6.46. The predicted octanol–water partition coefficient (Wildman–Crippen LogP) is 1.18. The molecule has 1 amide bonds. The number of benzene rings is 1. The summed E-state index contributed by atoms with van der Waals surface area (Å²) in [5.74, 6) is 1.35. The van der Waals surface area contributed by atoms with Crippen LogP contribution in [0.5, 0.6) is 5.75 Å². The van der Waals surface area contributed by atoms with Gasteiger partial charge in [-0.2, -0.15) is 0 Å². The van der Waals surface area contributed by atoms with Crippen molar-refractivity contribution in [3.8, 4) is 5.75 Å². The van der Waals surface area contributed by atoms with Crippen LogP contribution in [-0.2, 0) is 31.4 Å². The number of rotatable bonds is 1. The molecule has 0 radical (unpaired) electrons. The van der Waals surface area contributed by atoms with Crippen LogP contribution < -0.4 is 10.3 Å². The van der Waals surface area contributed by atoms with Crippen LogP contribution in [0.2, 0.25) is 0 Å². The topological polar surface area (TPSA) is 64.4 Å². The van der Waals surface area contributed by atoms with E-state index in [9.17, 15) is 9.59 Å². The average molecular weight is 325 g/mol. The summed E-state index contributed by atoms with van der Waals surface area (Å²) in [5.41, 5.74) is 2.36. The fourth-order valence-electron chi connectivity index (χ4n) is 3.43. The maximum atomic E-state index is 12.9. The third-order valence-electron chi connectivity index (χ3n) is 4.92. The Labute approximate surface area is 139 Å². The van der Waals surface area contributed by atoms with E-state index in [1.807, 2.05) is 24.3 Å². The van der Waals surface area contributed by atoms with Crippen molar-refractivity contribution in [1.82, 2.24) is 14.5 Å². The van der Waals surface area contributed by atoms with Gasteiger partial charge in [-0.05, 0) is 25.0 Å². The third kappa shape index (κ3) is 2.29. The molecule has 0 N–H and O–H groups in total. The molecule has 0 bridgehead atoms. The smallest absolute Gasteiger partial charge is 0.258 e. The molecule has 0 aliphatic carbocycles. The number of nitrogens with zero attached hydrogens (tertiary/aromatic N) is 3. The quantitative estimate of drug-likeness (QED) is 0.790. The first-order valence-electron chi connectivity index (χ1n) is 8.09. The van der Waals surface area contributed by atoms with Crippen LogP contribution >= 0.6 is 0 Å². The average Bonchev–Trinajstić information content (AvgIpc) is 3.02. The van der Waals surface area contributed by atoms with Gasteiger partial charge in [-0.15, -0.1) is 0 Å². The summed E-state index contributed by atoms with van der Waals surface area (Å²) in [6, 6.07) is 7.81. The van der Waals surface area contributed by atoms with Crippen LogP contribution in [0.15, 0.2) is 29.1 Å².